The van der Waals surface area contributed by atoms with Gasteiger partial charge in [-0.15, -0.1) is 53.6 Å². The Morgan fingerprint density at radius 3 is 1.65 bits per heavy atom. The number of nitrogens with zero attached hydrogens (tertiary/aromatic N) is 4. The van der Waals surface area contributed by atoms with E-state index < -0.39 is 11.6 Å². The summed E-state index contributed by atoms with van der Waals surface area (Å²) in [5, 5.41) is 2.14. The van der Waals surface area contributed by atoms with Crippen molar-refractivity contribution in [1.82, 2.24) is 9.55 Å². The maximum absolute atomic E-state index is 15.6. The topological polar surface area (TPSA) is 33.5 Å². The molecule has 78 heavy (non-hydrogen) atoms. The van der Waals surface area contributed by atoms with Crippen LogP contribution < -0.4 is 14.5 Å². The second-order valence-corrected chi connectivity index (χ2v) is 24.6. The van der Waals surface area contributed by atoms with Crippen molar-refractivity contribution in [3.63, 3.8) is 0 Å². The van der Waals surface area contributed by atoms with Crippen molar-refractivity contribution in [3.8, 4) is 50.7 Å². The molecule has 0 amide bonds. The summed E-state index contributed by atoms with van der Waals surface area (Å²) >= 11 is 0. The molecule has 0 unspecified atom stereocenters. The van der Waals surface area contributed by atoms with E-state index in [1.165, 1.54) is 28.8 Å². The Morgan fingerprint density at radius 1 is 0.462 bits per heavy atom. The number of fused-ring (bicyclic) bond motifs is 4. The summed E-state index contributed by atoms with van der Waals surface area (Å²) in [5.41, 5.74) is 14.1. The number of para-hydroxylation sites is 3. The van der Waals surface area contributed by atoms with Gasteiger partial charge in [-0.3, -0.25) is 0 Å². The maximum Gasteiger partial charge on any atom is 0.135 e. The molecule has 2 aromatic heterocycles. The summed E-state index contributed by atoms with van der Waals surface area (Å²) in [6, 6.07) is 61.9. The monoisotopic (exact) mass is 1210 g/mol. The van der Waals surface area contributed by atoms with Gasteiger partial charge in [-0.25, -0.2) is 13.8 Å². The number of benzene rings is 8. The van der Waals surface area contributed by atoms with E-state index in [0.29, 0.717) is 22.6 Å². The molecule has 3 heterocycles. The van der Waals surface area contributed by atoms with Gasteiger partial charge >= 0.3 is 0 Å². The number of hydrogen-bond donors (Lipinski definition) is 0. The maximum atomic E-state index is 15.6. The van der Waals surface area contributed by atoms with Gasteiger partial charge in [0.15, 0.2) is 0 Å². The Hall–Kier alpha value is -7.34. The van der Waals surface area contributed by atoms with Crippen LogP contribution in [0.1, 0.15) is 105 Å². The van der Waals surface area contributed by atoms with Crippen LogP contribution in [-0.2, 0) is 42.7 Å². The summed E-state index contributed by atoms with van der Waals surface area (Å²) in [7, 11) is 0. The normalized spacial score (nSPS) is 13.1. The van der Waals surface area contributed by atoms with Crippen LogP contribution in [0.2, 0.25) is 0 Å². The molecular formula is C70H65F2N4OPt-3. The van der Waals surface area contributed by atoms with Gasteiger partial charge in [-0.2, -0.15) is 6.07 Å². The van der Waals surface area contributed by atoms with Crippen LogP contribution in [0.5, 0.6) is 11.5 Å². The predicted molar refractivity (Wildman–Crippen MR) is 315 cm³/mol. The predicted octanol–water partition coefficient (Wildman–Crippen LogP) is 19.4. The molecule has 0 bridgehead atoms. The fraction of sp³-hybridized carbons (Fsp3) is 0.229. The standard InChI is InChI=1S/C70H65F2N4O.Pt/c1-67(2,3)48-28-29-73-65(39-48)76-61-23-17-16-22-57(61)58-27-26-55(42-64(58)76)77-56-35-45(44-20-14-13-15-21-44)34-54(41-56)74-43-75(63-25-19-18-24-62(63)74)66-59(46-30-49(68(4,5)6)36-50(31-46)69(7,8)9)37-51(70(10,11)12)38-60(66)47-32-52(71)40-53(72)33-47;/h13-40,43H,1-12H3;/q-3;. The second kappa shape index (κ2) is 20.1. The van der Waals surface area contributed by atoms with E-state index in [1.807, 2.05) is 48.7 Å². The van der Waals surface area contributed by atoms with Crippen LogP contribution >= 0.6 is 0 Å². The van der Waals surface area contributed by atoms with Crippen LogP contribution in [0.3, 0.4) is 0 Å². The Balaban J connectivity index is 0.00000688. The van der Waals surface area contributed by atoms with Gasteiger partial charge in [0.25, 0.3) is 0 Å². The molecule has 11 rings (SSSR count). The Kier molecular flexibility index (Phi) is 14.0. The second-order valence-electron chi connectivity index (χ2n) is 24.6. The van der Waals surface area contributed by atoms with E-state index in [-0.39, 0.29) is 42.7 Å². The summed E-state index contributed by atoms with van der Waals surface area (Å²) in [4.78, 5) is 9.22. The van der Waals surface area contributed by atoms with Crippen molar-refractivity contribution in [2.75, 3.05) is 9.80 Å². The van der Waals surface area contributed by atoms with E-state index in [2.05, 4.69) is 219 Å². The Morgan fingerprint density at radius 2 is 1.03 bits per heavy atom. The number of ether oxygens (including phenoxy) is 1. The third-order valence-electron chi connectivity index (χ3n) is 14.8. The molecule has 0 aliphatic carbocycles. The Labute approximate surface area is 473 Å². The molecule has 0 atom stereocenters. The zero-order valence-electron chi connectivity index (χ0n) is 46.5. The number of halogens is 2. The first kappa shape index (κ1) is 54.0. The van der Waals surface area contributed by atoms with Crippen LogP contribution in [-0.4, -0.2) is 9.55 Å². The summed E-state index contributed by atoms with van der Waals surface area (Å²) < 4.78 is 40.4. The first-order valence-corrected chi connectivity index (χ1v) is 26.5. The van der Waals surface area contributed by atoms with Crippen LogP contribution in [0.15, 0.2) is 170 Å². The molecule has 8 aromatic carbocycles. The van der Waals surface area contributed by atoms with Crippen molar-refractivity contribution in [1.29, 1.82) is 0 Å². The van der Waals surface area contributed by atoms with Crippen LogP contribution in [0.4, 0.5) is 31.5 Å². The molecule has 0 N–H and O–H groups in total. The number of rotatable bonds is 8. The summed E-state index contributed by atoms with van der Waals surface area (Å²) in [5.74, 6) is 0.542. The molecular weight excluding hydrogens is 1150 g/mol. The van der Waals surface area contributed by atoms with E-state index >= 15 is 8.78 Å². The molecule has 10 aromatic rings. The molecule has 398 valence electrons. The molecule has 8 heteroatoms. The minimum atomic E-state index is -0.644. The third kappa shape index (κ3) is 10.4. The van der Waals surface area contributed by atoms with Gasteiger partial charge < -0.3 is 19.1 Å². The minimum absolute atomic E-state index is 0. The van der Waals surface area contributed by atoms with E-state index in [1.54, 1.807) is 0 Å². The SMILES string of the molecule is CC(C)(C)c1cc(-c2cc(C(C)(C)C)cc(-c3cc(F)cc(F)c3)c2N2[CH-]N(c3[c-]c(Oc4[c-]c5c(cc4)c4ccccc4n5-c4cc(C(C)(C)C)ccn4)cc(-c4ccccc4)c3)c3ccccc32)cc(C(C)(C)C)c1.[Pt]. The quantitative estimate of drug-likeness (QED) is 0.142. The molecule has 0 saturated heterocycles. The van der Waals surface area contributed by atoms with Crippen molar-refractivity contribution in [3.05, 3.63) is 223 Å². The molecule has 0 fully saturated rings. The largest absolute Gasteiger partial charge is 0.509 e. The van der Waals surface area contributed by atoms with Crippen LogP contribution in [0.25, 0.3) is 61.0 Å². The average molecular weight is 1210 g/mol. The van der Waals surface area contributed by atoms with Crippen molar-refractivity contribution >= 4 is 44.6 Å². The van der Waals surface area contributed by atoms with Gasteiger partial charge in [-0.05, 0) is 121 Å². The van der Waals surface area contributed by atoms with Gasteiger partial charge in [0.1, 0.15) is 17.5 Å². The molecule has 0 spiro atoms. The van der Waals surface area contributed by atoms with Crippen molar-refractivity contribution in [2.45, 2.75) is 105 Å². The van der Waals surface area contributed by atoms with Gasteiger partial charge in [0.05, 0.1) is 0 Å². The first-order chi connectivity index (χ1) is 36.5. The van der Waals surface area contributed by atoms with E-state index in [4.69, 9.17) is 9.72 Å². The smallest absolute Gasteiger partial charge is 0.135 e. The molecule has 0 saturated carbocycles. The average Bonchev–Trinajstić information content (AvgIpc) is 4.04. The number of pyridine rings is 1. The number of hydrogen-bond acceptors (Lipinski definition) is 4. The minimum Gasteiger partial charge on any atom is -0.509 e. The summed E-state index contributed by atoms with van der Waals surface area (Å²) in [6.45, 7) is 28.7. The van der Waals surface area contributed by atoms with Crippen molar-refractivity contribution < 1.29 is 34.6 Å². The number of anilines is 4. The zero-order valence-corrected chi connectivity index (χ0v) is 48.8. The molecule has 5 nitrogen and oxygen atoms in total. The zero-order chi connectivity index (χ0) is 54.3. The fourth-order valence-electron chi connectivity index (χ4n) is 10.4. The first-order valence-electron chi connectivity index (χ1n) is 26.5. The summed E-state index contributed by atoms with van der Waals surface area (Å²) in [6.07, 6.45) is 1.88. The Bertz CT molecular complexity index is 3860. The molecule has 1 aliphatic heterocycles. The van der Waals surface area contributed by atoms with Gasteiger partial charge in [0, 0.05) is 78.5 Å². The molecule has 0 radical (unpaired) electrons. The number of aromatic nitrogens is 2. The van der Waals surface area contributed by atoms with Crippen molar-refractivity contribution in [2.24, 2.45) is 0 Å². The van der Waals surface area contributed by atoms with Crippen LogP contribution in [0, 0.1) is 30.4 Å². The van der Waals surface area contributed by atoms with E-state index in [0.717, 1.165) is 84.3 Å². The van der Waals surface area contributed by atoms with Gasteiger partial charge in [-0.1, -0.05) is 167 Å². The fourth-order valence-corrected chi connectivity index (χ4v) is 10.4. The van der Waals surface area contributed by atoms with E-state index in [9.17, 15) is 0 Å². The third-order valence-corrected chi connectivity index (χ3v) is 14.8. The molecule has 1 aliphatic rings. The van der Waals surface area contributed by atoms with Gasteiger partial charge in [0.2, 0.25) is 0 Å².